The fourth-order valence-electron chi connectivity index (χ4n) is 2.94. The van der Waals surface area contributed by atoms with Crippen LogP contribution < -0.4 is 0 Å². The first-order valence-electron chi connectivity index (χ1n) is 10.5. The zero-order valence-corrected chi connectivity index (χ0v) is 20.7. The van der Waals surface area contributed by atoms with Gasteiger partial charge in [-0.25, -0.2) is 9.36 Å². The number of hydrogen-bond donors (Lipinski definition) is 0. The Kier molecular flexibility index (Phi) is 9.74. The predicted molar refractivity (Wildman–Crippen MR) is 130 cm³/mol. The van der Waals surface area contributed by atoms with Gasteiger partial charge in [0.1, 0.15) is 0 Å². The third-order valence-electron chi connectivity index (χ3n) is 4.49. The molecule has 0 unspecified atom stereocenters. The van der Waals surface area contributed by atoms with Crippen molar-refractivity contribution in [1.29, 1.82) is 0 Å². The largest absolute Gasteiger partial charge is 0.266 e. The Labute approximate surface area is 212 Å². The molecule has 0 aliphatic heterocycles. The molecule has 0 saturated carbocycles. The molecular formula is C27H23IrN6-. The molecule has 0 spiro atoms. The molecule has 0 saturated heterocycles. The summed E-state index contributed by atoms with van der Waals surface area (Å²) in [7, 11) is 0. The molecule has 34 heavy (non-hydrogen) atoms. The van der Waals surface area contributed by atoms with Crippen molar-refractivity contribution < 1.29 is 20.1 Å². The summed E-state index contributed by atoms with van der Waals surface area (Å²) in [5, 5.41) is 12.3. The number of aromatic nitrogens is 6. The summed E-state index contributed by atoms with van der Waals surface area (Å²) in [5.74, 6) is 0. The maximum absolute atomic E-state index is 4.10. The van der Waals surface area contributed by atoms with Crippen molar-refractivity contribution in [2.24, 2.45) is 0 Å². The summed E-state index contributed by atoms with van der Waals surface area (Å²) < 4.78 is 5.44. The smallest absolute Gasteiger partial charge is 0.0645 e. The third kappa shape index (κ3) is 7.23. The molecule has 0 fully saturated rings. The van der Waals surface area contributed by atoms with Gasteiger partial charge in [0.15, 0.2) is 0 Å². The van der Waals surface area contributed by atoms with Crippen molar-refractivity contribution in [3.63, 3.8) is 0 Å². The van der Waals surface area contributed by atoms with E-state index in [9.17, 15) is 0 Å². The molecule has 3 aromatic carbocycles. The molecule has 0 N–H and O–H groups in total. The molecule has 6 aromatic rings. The van der Waals surface area contributed by atoms with Gasteiger partial charge < -0.3 is 0 Å². The Bertz CT molecular complexity index is 1100. The SMILES string of the molecule is [Ir].[c-]1ccccc1-n1cccn1.c1ccc(-n2cccn2)cc1.c1ccc(-n2cccn2)cc1. The average Bonchev–Trinajstić information content (AvgIpc) is 3.70. The molecule has 3 aromatic heterocycles. The van der Waals surface area contributed by atoms with E-state index in [-0.39, 0.29) is 20.1 Å². The van der Waals surface area contributed by atoms with Crippen LogP contribution in [-0.4, -0.2) is 29.3 Å². The molecule has 6 nitrogen and oxygen atoms in total. The molecule has 1 radical (unpaired) electrons. The van der Waals surface area contributed by atoms with Crippen LogP contribution in [0.5, 0.6) is 0 Å². The fourth-order valence-corrected chi connectivity index (χ4v) is 2.94. The van der Waals surface area contributed by atoms with E-state index in [0.29, 0.717) is 0 Å². The minimum atomic E-state index is 0. The van der Waals surface area contributed by atoms with Crippen LogP contribution in [0.4, 0.5) is 0 Å². The summed E-state index contributed by atoms with van der Waals surface area (Å²) in [6.07, 6.45) is 11.0. The minimum Gasteiger partial charge on any atom is -0.266 e. The van der Waals surface area contributed by atoms with E-state index in [1.807, 2.05) is 131 Å². The molecule has 171 valence electrons. The molecule has 0 aliphatic carbocycles. The quantitative estimate of drug-likeness (QED) is 0.248. The van der Waals surface area contributed by atoms with Crippen molar-refractivity contribution in [2.45, 2.75) is 0 Å². The fraction of sp³-hybridized carbons (Fsp3) is 0. The molecule has 6 rings (SSSR count). The zero-order valence-electron chi connectivity index (χ0n) is 18.3. The van der Waals surface area contributed by atoms with Crippen LogP contribution in [0.15, 0.2) is 140 Å². The van der Waals surface area contributed by atoms with Gasteiger partial charge in [-0.1, -0.05) is 36.4 Å². The number of benzene rings is 3. The number of rotatable bonds is 3. The summed E-state index contributed by atoms with van der Waals surface area (Å²) in [5.41, 5.74) is 3.16. The molecule has 0 bridgehead atoms. The maximum atomic E-state index is 4.10. The van der Waals surface area contributed by atoms with Crippen LogP contribution in [0.3, 0.4) is 0 Å². The monoisotopic (exact) mass is 624 g/mol. The number of nitrogens with zero attached hydrogens (tertiary/aromatic N) is 6. The summed E-state index contributed by atoms with van der Waals surface area (Å²) in [4.78, 5) is 0. The van der Waals surface area contributed by atoms with Gasteiger partial charge in [-0.3, -0.25) is 4.68 Å². The summed E-state index contributed by atoms with van der Waals surface area (Å²) in [6.45, 7) is 0. The van der Waals surface area contributed by atoms with E-state index in [1.165, 1.54) is 0 Å². The van der Waals surface area contributed by atoms with Crippen molar-refractivity contribution in [3.8, 4) is 17.1 Å². The zero-order chi connectivity index (χ0) is 22.6. The van der Waals surface area contributed by atoms with Crippen LogP contribution >= 0.6 is 0 Å². The normalized spacial score (nSPS) is 9.53. The van der Waals surface area contributed by atoms with Crippen molar-refractivity contribution in [1.82, 2.24) is 29.3 Å². The van der Waals surface area contributed by atoms with Gasteiger partial charge in [0.05, 0.1) is 11.4 Å². The van der Waals surface area contributed by atoms with Crippen LogP contribution in [0.2, 0.25) is 0 Å². The predicted octanol–water partition coefficient (Wildman–Crippen LogP) is 5.41. The Hall–Kier alpha value is -4.06. The first kappa shape index (κ1) is 24.6. The first-order valence-corrected chi connectivity index (χ1v) is 10.5. The van der Waals surface area contributed by atoms with Crippen molar-refractivity contribution >= 4 is 0 Å². The summed E-state index contributed by atoms with van der Waals surface area (Å²) >= 11 is 0. The van der Waals surface area contributed by atoms with Gasteiger partial charge in [0.25, 0.3) is 0 Å². The Morgan fingerprint density at radius 1 is 0.471 bits per heavy atom. The number of para-hydroxylation sites is 3. The second-order valence-electron chi connectivity index (χ2n) is 6.77. The maximum Gasteiger partial charge on any atom is 0.0645 e. The van der Waals surface area contributed by atoms with E-state index in [4.69, 9.17) is 0 Å². The van der Waals surface area contributed by atoms with Gasteiger partial charge in [0.2, 0.25) is 0 Å². The average molecular weight is 624 g/mol. The molecular weight excluding hydrogens is 601 g/mol. The van der Waals surface area contributed by atoms with Gasteiger partial charge in [-0.05, 0) is 48.2 Å². The second kappa shape index (κ2) is 13.5. The van der Waals surface area contributed by atoms with E-state index in [1.54, 1.807) is 23.3 Å². The Morgan fingerprint density at radius 3 is 1.29 bits per heavy atom. The molecule has 0 atom stereocenters. The van der Waals surface area contributed by atoms with Gasteiger partial charge in [-0.15, -0.1) is 6.07 Å². The van der Waals surface area contributed by atoms with Crippen molar-refractivity contribution in [3.05, 3.63) is 146 Å². The summed E-state index contributed by atoms with van der Waals surface area (Å²) in [6, 6.07) is 36.6. The van der Waals surface area contributed by atoms with Crippen LogP contribution in [-0.2, 0) is 20.1 Å². The second-order valence-corrected chi connectivity index (χ2v) is 6.77. The standard InChI is InChI=1S/2C9H8N2.C9H7N2.Ir/c3*1-2-5-9(6-3-1)11-8-4-7-10-11;/h2*1-8H;1-5,7-8H;/q;;-1;. The van der Waals surface area contributed by atoms with Crippen molar-refractivity contribution in [2.75, 3.05) is 0 Å². The van der Waals surface area contributed by atoms with E-state index >= 15 is 0 Å². The van der Waals surface area contributed by atoms with Gasteiger partial charge in [-0.2, -0.15) is 39.6 Å². The van der Waals surface area contributed by atoms with Crippen LogP contribution in [0, 0.1) is 6.07 Å². The van der Waals surface area contributed by atoms with Crippen LogP contribution in [0.25, 0.3) is 17.1 Å². The first-order chi connectivity index (χ1) is 16.4. The van der Waals surface area contributed by atoms with E-state index in [0.717, 1.165) is 17.1 Å². The van der Waals surface area contributed by atoms with Crippen LogP contribution in [0.1, 0.15) is 0 Å². The van der Waals surface area contributed by atoms with E-state index in [2.05, 4.69) is 21.4 Å². The molecule has 7 heteroatoms. The van der Waals surface area contributed by atoms with E-state index < -0.39 is 0 Å². The molecule has 0 aliphatic rings. The van der Waals surface area contributed by atoms with Gasteiger partial charge in [0, 0.05) is 57.3 Å². The molecule has 3 heterocycles. The third-order valence-corrected chi connectivity index (χ3v) is 4.49. The molecule has 0 amide bonds. The minimum absolute atomic E-state index is 0. The number of hydrogen-bond acceptors (Lipinski definition) is 3. The Balaban J connectivity index is 0.000000141. The topological polar surface area (TPSA) is 53.5 Å². The van der Waals surface area contributed by atoms with Gasteiger partial charge >= 0.3 is 0 Å². The Morgan fingerprint density at radius 2 is 0.912 bits per heavy atom.